The number of amides is 2. The molecule has 1 saturated carbocycles. The van der Waals surface area contributed by atoms with Gasteiger partial charge in [-0.3, -0.25) is 14.4 Å². The molecule has 1 heterocycles. The van der Waals surface area contributed by atoms with E-state index in [4.69, 9.17) is 9.47 Å². The molecule has 0 spiro atoms. The predicted molar refractivity (Wildman–Crippen MR) is 118 cm³/mol. The van der Waals surface area contributed by atoms with E-state index >= 15 is 0 Å². The molecular weight excluding hydrogens is 408 g/mol. The van der Waals surface area contributed by atoms with Gasteiger partial charge in [0.05, 0.1) is 13.0 Å². The first-order valence-electron chi connectivity index (χ1n) is 10.9. The molecule has 1 aliphatic heterocycles. The second-order valence-electron chi connectivity index (χ2n) is 8.43. The molecule has 4 rings (SSSR count). The van der Waals surface area contributed by atoms with E-state index in [1.54, 1.807) is 12.0 Å². The Bertz CT molecular complexity index is 972. The fourth-order valence-electron chi connectivity index (χ4n) is 4.27. The number of hydrogen-bond donors (Lipinski definition) is 1. The lowest BCUT2D eigenvalue weighted by molar-refractivity contribution is -0.157. The molecule has 32 heavy (non-hydrogen) atoms. The SMILES string of the molecule is COc1ccc(CN2C[C@H](C(OC(C)=O)C(=O)NC3CC3)[C@@H](c3ccccc3)C2=O)cc1. The summed E-state index contributed by atoms with van der Waals surface area (Å²) >= 11 is 0. The average molecular weight is 437 g/mol. The van der Waals surface area contributed by atoms with E-state index in [0.29, 0.717) is 13.1 Å². The van der Waals surface area contributed by atoms with Crippen LogP contribution in [0.2, 0.25) is 0 Å². The number of carbonyl (C=O) groups is 3. The van der Waals surface area contributed by atoms with Gasteiger partial charge in [0.15, 0.2) is 6.10 Å². The van der Waals surface area contributed by atoms with Crippen LogP contribution in [0.15, 0.2) is 54.6 Å². The van der Waals surface area contributed by atoms with Gasteiger partial charge in [-0.15, -0.1) is 0 Å². The van der Waals surface area contributed by atoms with Crippen molar-refractivity contribution in [3.05, 3.63) is 65.7 Å². The van der Waals surface area contributed by atoms with Crippen molar-refractivity contribution in [2.45, 2.75) is 44.4 Å². The van der Waals surface area contributed by atoms with Crippen molar-refractivity contribution in [2.24, 2.45) is 5.92 Å². The van der Waals surface area contributed by atoms with E-state index in [2.05, 4.69) is 5.32 Å². The largest absolute Gasteiger partial charge is 0.497 e. The summed E-state index contributed by atoms with van der Waals surface area (Å²) in [6, 6.07) is 17.1. The molecule has 2 aliphatic rings. The summed E-state index contributed by atoms with van der Waals surface area (Å²) in [5.74, 6) is -1.24. The number of esters is 1. The quantitative estimate of drug-likeness (QED) is 0.643. The average Bonchev–Trinajstić information content (AvgIpc) is 3.55. The number of nitrogens with zero attached hydrogens (tertiary/aromatic N) is 1. The maximum Gasteiger partial charge on any atom is 0.303 e. The van der Waals surface area contributed by atoms with E-state index in [9.17, 15) is 14.4 Å². The minimum Gasteiger partial charge on any atom is -0.497 e. The zero-order valence-corrected chi connectivity index (χ0v) is 18.3. The van der Waals surface area contributed by atoms with Gasteiger partial charge < -0.3 is 19.7 Å². The molecular formula is C25H28N2O5. The van der Waals surface area contributed by atoms with Crippen LogP contribution < -0.4 is 10.1 Å². The summed E-state index contributed by atoms with van der Waals surface area (Å²) in [7, 11) is 1.61. The Hall–Kier alpha value is -3.35. The zero-order chi connectivity index (χ0) is 22.7. The lowest BCUT2D eigenvalue weighted by Crippen LogP contribution is -2.45. The number of ether oxygens (including phenoxy) is 2. The lowest BCUT2D eigenvalue weighted by atomic mass is 9.84. The second-order valence-corrected chi connectivity index (χ2v) is 8.43. The van der Waals surface area contributed by atoms with Crippen LogP contribution in [0.1, 0.15) is 36.8 Å². The van der Waals surface area contributed by atoms with E-state index < -0.39 is 23.9 Å². The lowest BCUT2D eigenvalue weighted by Gasteiger charge is -2.26. The van der Waals surface area contributed by atoms with Crippen LogP contribution in [-0.4, -0.2) is 48.5 Å². The topological polar surface area (TPSA) is 84.9 Å². The highest BCUT2D eigenvalue weighted by Crippen LogP contribution is 2.38. The fraction of sp³-hybridized carbons (Fsp3) is 0.400. The first-order valence-corrected chi connectivity index (χ1v) is 10.9. The minimum atomic E-state index is -1.02. The van der Waals surface area contributed by atoms with E-state index in [1.807, 2.05) is 54.6 Å². The molecule has 0 bridgehead atoms. The number of rotatable bonds is 8. The Kier molecular flexibility index (Phi) is 6.44. The molecule has 2 aromatic rings. The smallest absolute Gasteiger partial charge is 0.303 e. The minimum absolute atomic E-state index is 0.0756. The third kappa shape index (κ3) is 4.93. The van der Waals surface area contributed by atoms with Gasteiger partial charge in [-0.2, -0.15) is 0 Å². The van der Waals surface area contributed by atoms with Crippen molar-refractivity contribution in [3.63, 3.8) is 0 Å². The molecule has 2 aromatic carbocycles. The van der Waals surface area contributed by atoms with Crippen LogP contribution >= 0.6 is 0 Å². The van der Waals surface area contributed by atoms with Gasteiger partial charge in [-0.05, 0) is 36.1 Å². The van der Waals surface area contributed by atoms with E-state index in [0.717, 1.165) is 29.7 Å². The monoisotopic (exact) mass is 436 g/mol. The van der Waals surface area contributed by atoms with Crippen LogP contribution in [0.25, 0.3) is 0 Å². The fourth-order valence-corrected chi connectivity index (χ4v) is 4.27. The number of likely N-dealkylation sites (tertiary alicyclic amines) is 1. The van der Waals surface area contributed by atoms with Gasteiger partial charge in [0.2, 0.25) is 5.91 Å². The molecule has 1 N–H and O–H groups in total. The third-order valence-corrected chi connectivity index (χ3v) is 5.99. The van der Waals surface area contributed by atoms with Crippen LogP contribution in [0.5, 0.6) is 5.75 Å². The summed E-state index contributed by atoms with van der Waals surface area (Å²) < 4.78 is 10.7. The molecule has 1 unspecified atom stereocenters. The summed E-state index contributed by atoms with van der Waals surface area (Å²) in [4.78, 5) is 40.1. The Morgan fingerprint density at radius 2 is 1.78 bits per heavy atom. The number of methoxy groups -OCH3 is 1. The second kappa shape index (κ2) is 9.42. The van der Waals surface area contributed by atoms with Gasteiger partial charge in [-0.25, -0.2) is 0 Å². The Balaban J connectivity index is 1.62. The standard InChI is InChI=1S/C25H28N2O5/c1-16(28)32-23(24(29)26-19-10-11-19)21-15-27(14-17-8-12-20(31-2)13-9-17)25(30)22(21)18-6-4-3-5-7-18/h3-9,12-13,19,21-23H,10-11,14-15H2,1-2H3,(H,26,29)/t21-,22+,23?/m0/s1. The Labute approximate surface area is 187 Å². The van der Waals surface area contributed by atoms with Crippen molar-refractivity contribution < 1.29 is 23.9 Å². The molecule has 168 valence electrons. The first-order chi connectivity index (χ1) is 15.5. The van der Waals surface area contributed by atoms with Gasteiger partial charge in [0.25, 0.3) is 5.91 Å². The molecule has 0 aromatic heterocycles. The highest BCUT2D eigenvalue weighted by molar-refractivity contribution is 5.90. The summed E-state index contributed by atoms with van der Waals surface area (Å²) in [5, 5.41) is 2.94. The van der Waals surface area contributed by atoms with Crippen LogP contribution in [0, 0.1) is 5.92 Å². The molecule has 1 saturated heterocycles. The first kappa shape index (κ1) is 21.9. The highest BCUT2D eigenvalue weighted by Gasteiger charge is 2.49. The van der Waals surface area contributed by atoms with Gasteiger partial charge >= 0.3 is 5.97 Å². The summed E-state index contributed by atoms with van der Waals surface area (Å²) in [6.07, 6.45) is 0.824. The maximum atomic E-state index is 13.5. The highest BCUT2D eigenvalue weighted by atomic mass is 16.5. The van der Waals surface area contributed by atoms with Crippen molar-refractivity contribution in [1.82, 2.24) is 10.2 Å². The summed E-state index contributed by atoms with van der Waals surface area (Å²) in [5.41, 5.74) is 1.77. The molecule has 7 heteroatoms. The molecule has 0 radical (unpaired) electrons. The van der Waals surface area contributed by atoms with Crippen molar-refractivity contribution in [3.8, 4) is 5.75 Å². The molecule has 7 nitrogen and oxygen atoms in total. The predicted octanol–water partition coefficient (Wildman–Crippen LogP) is 2.65. The number of nitrogens with one attached hydrogen (secondary N) is 1. The van der Waals surface area contributed by atoms with Gasteiger partial charge in [-0.1, -0.05) is 42.5 Å². The van der Waals surface area contributed by atoms with Crippen molar-refractivity contribution in [1.29, 1.82) is 0 Å². The van der Waals surface area contributed by atoms with Gasteiger partial charge in [0, 0.05) is 32.0 Å². The zero-order valence-electron chi connectivity index (χ0n) is 18.3. The molecule has 2 fully saturated rings. The van der Waals surface area contributed by atoms with Crippen LogP contribution in [0.4, 0.5) is 0 Å². The maximum absolute atomic E-state index is 13.5. The third-order valence-electron chi connectivity index (χ3n) is 5.99. The van der Waals surface area contributed by atoms with Crippen molar-refractivity contribution >= 4 is 17.8 Å². The Morgan fingerprint density at radius 1 is 1.09 bits per heavy atom. The van der Waals surface area contributed by atoms with Gasteiger partial charge in [0.1, 0.15) is 5.75 Å². The number of hydrogen-bond acceptors (Lipinski definition) is 5. The van der Waals surface area contributed by atoms with E-state index in [-0.39, 0.29) is 17.9 Å². The van der Waals surface area contributed by atoms with E-state index in [1.165, 1.54) is 6.92 Å². The molecule has 3 atom stereocenters. The molecule has 1 aliphatic carbocycles. The number of benzene rings is 2. The van der Waals surface area contributed by atoms with Crippen LogP contribution in [-0.2, 0) is 25.7 Å². The number of carbonyl (C=O) groups excluding carboxylic acids is 3. The molecule has 2 amide bonds. The summed E-state index contributed by atoms with van der Waals surface area (Å²) in [6.45, 7) is 2.01. The van der Waals surface area contributed by atoms with Crippen molar-refractivity contribution in [2.75, 3.05) is 13.7 Å². The van der Waals surface area contributed by atoms with Crippen LogP contribution in [0.3, 0.4) is 0 Å². The Morgan fingerprint density at radius 3 is 2.38 bits per heavy atom. The normalized spacial score (nSPS) is 21.2.